The molecule has 0 atom stereocenters. The van der Waals surface area contributed by atoms with Gasteiger partial charge in [0, 0.05) is 46.5 Å². The zero-order valence-electron chi connectivity index (χ0n) is 16.2. The number of likely N-dealkylation sites (tertiary alicyclic amines) is 1. The zero-order valence-corrected chi connectivity index (χ0v) is 17.8. The average molecular weight is 438 g/mol. The Labute approximate surface area is 183 Å². The van der Waals surface area contributed by atoms with Crippen LogP contribution in [-0.4, -0.2) is 49.4 Å². The first-order valence-electron chi connectivity index (χ1n) is 9.89. The van der Waals surface area contributed by atoms with E-state index in [-0.39, 0.29) is 5.91 Å². The van der Waals surface area contributed by atoms with Crippen LogP contribution in [0.4, 0.5) is 0 Å². The number of amides is 1. The average Bonchev–Trinajstić information content (AvgIpc) is 3.51. The number of nitrogens with one attached hydrogen (secondary N) is 1. The Bertz CT molecular complexity index is 1190. The van der Waals surface area contributed by atoms with Gasteiger partial charge in [0.1, 0.15) is 0 Å². The summed E-state index contributed by atoms with van der Waals surface area (Å²) in [4.78, 5) is 17.8. The SMILES string of the molecule is O=C(CSc1nnc(-c2c[nH]c3ccccc23)n1-c1ccc(Cl)cc1)N1CCCC1. The van der Waals surface area contributed by atoms with Gasteiger partial charge >= 0.3 is 0 Å². The third-order valence-corrected chi connectivity index (χ3v) is 6.50. The number of H-pyrrole nitrogens is 1. The fourth-order valence-electron chi connectivity index (χ4n) is 3.80. The highest BCUT2D eigenvalue weighted by atomic mass is 35.5. The van der Waals surface area contributed by atoms with E-state index in [9.17, 15) is 4.79 Å². The predicted molar refractivity (Wildman–Crippen MR) is 120 cm³/mol. The van der Waals surface area contributed by atoms with Crippen LogP contribution in [-0.2, 0) is 4.79 Å². The van der Waals surface area contributed by atoms with Crippen LogP contribution in [0.3, 0.4) is 0 Å². The van der Waals surface area contributed by atoms with Crippen molar-refractivity contribution in [2.45, 2.75) is 18.0 Å². The Hall–Kier alpha value is -2.77. The fourth-order valence-corrected chi connectivity index (χ4v) is 4.78. The first-order valence-corrected chi connectivity index (χ1v) is 11.3. The molecule has 0 radical (unpaired) electrons. The van der Waals surface area contributed by atoms with Crippen LogP contribution in [0.25, 0.3) is 28.0 Å². The predicted octanol–water partition coefficient (Wildman–Crippen LogP) is 4.78. The van der Waals surface area contributed by atoms with Crippen LogP contribution in [0.5, 0.6) is 0 Å². The maximum Gasteiger partial charge on any atom is 0.233 e. The topological polar surface area (TPSA) is 66.8 Å². The van der Waals surface area contributed by atoms with Crippen molar-refractivity contribution in [1.29, 1.82) is 0 Å². The quantitative estimate of drug-likeness (QED) is 0.456. The number of thioether (sulfide) groups is 1. The first kappa shape index (κ1) is 19.2. The van der Waals surface area contributed by atoms with Crippen molar-refractivity contribution in [2.75, 3.05) is 18.8 Å². The third kappa shape index (κ3) is 3.59. The fraction of sp³-hybridized carbons (Fsp3) is 0.227. The Morgan fingerprint density at radius 2 is 1.83 bits per heavy atom. The van der Waals surface area contributed by atoms with Gasteiger partial charge in [0.25, 0.3) is 0 Å². The highest BCUT2D eigenvalue weighted by Gasteiger charge is 2.22. The molecule has 152 valence electrons. The van der Waals surface area contributed by atoms with E-state index >= 15 is 0 Å². The zero-order chi connectivity index (χ0) is 20.5. The molecular weight excluding hydrogens is 418 g/mol. The number of hydrogen-bond donors (Lipinski definition) is 1. The van der Waals surface area contributed by atoms with E-state index < -0.39 is 0 Å². The van der Waals surface area contributed by atoms with E-state index in [2.05, 4.69) is 21.2 Å². The number of aromatic nitrogens is 4. The summed E-state index contributed by atoms with van der Waals surface area (Å²) in [6.07, 6.45) is 4.12. The van der Waals surface area contributed by atoms with E-state index in [1.54, 1.807) is 0 Å². The minimum Gasteiger partial charge on any atom is -0.360 e. The Morgan fingerprint density at radius 1 is 1.07 bits per heavy atom. The molecule has 8 heteroatoms. The van der Waals surface area contributed by atoms with Crippen molar-refractivity contribution in [1.82, 2.24) is 24.6 Å². The summed E-state index contributed by atoms with van der Waals surface area (Å²) >= 11 is 7.52. The molecule has 1 aliphatic rings. The van der Waals surface area contributed by atoms with Crippen molar-refractivity contribution >= 4 is 40.2 Å². The highest BCUT2D eigenvalue weighted by molar-refractivity contribution is 7.99. The monoisotopic (exact) mass is 437 g/mol. The number of aromatic amines is 1. The second kappa shape index (κ2) is 8.16. The molecule has 1 saturated heterocycles. The van der Waals surface area contributed by atoms with Crippen LogP contribution in [0.15, 0.2) is 59.9 Å². The van der Waals surface area contributed by atoms with Crippen molar-refractivity contribution in [3.05, 3.63) is 59.8 Å². The molecule has 0 unspecified atom stereocenters. The van der Waals surface area contributed by atoms with Crippen LogP contribution in [0.1, 0.15) is 12.8 Å². The molecule has 0 bridgehead atoms. The molecule has 4 aromatic rings. The van der Waals surface area contributed by atoms with Gasteiger partial charge in [-0.1, -0.05) is 41.6 Å². The lowest BCUT2D eigenvalue weighted by atomic mass is 10.1. The van der Waals surface area contributed by atoms with Gasteiger partial charge in [0.05, 0.1) is 5.75 Å². The van der Waals surface area contributed by atoms with E-state index in [4.69, 9.17) is 11.6 Å². The molecule has 0 saturated carbocycles. The molecule has 1 aliphatic heterocycles. The van der Waals surface area contributed by atoms with E-state index in [0.717, 1.165) is 53.9 Å². The standard InChI is InChI=1S/C22H20ClN5OS/c23-15-7-9-16(10-8-15)28-21(18-13-24-19-6-2-1-5-17(18)19)25-26-22(28)30-14-20(29)27-11-3-4-12-27/h1-2,5-10,13,24H,3-4,11-12,14H2. The van der Waals surface area contributed by atoms with Gasteiger partial charge in [-0.15, -0.1) is 10.2 Å². The molecule has 1 N–H and O–H groups in total. The van der Waals surface area contributed by atoms with Crippen molar-refractivity contribution < 1.29 is 4.79 Å². The maximum absolute atomic E-state index is 12.5. The Kier molecular flexibility index (Phi) is 5.23. The van der Waals surface area contributed by atoms with Gasteiger partial charge in [-0.25, -0.2) is 0 Å². The van der Waals surface area contributed by atoms with Gasteiger partial charge in [-0.2, -0.15) is 0 Å². The van der Waals surface area contributed by atoms with E-state index in [0.29, 0.717) is 15.9 Å². The number of carbonyl (C=O) groups excluding carboxylic acids is 1. The van der Waals surface area contributed by atoms with Crippen LogP contribution in [0.2, 0.25) is 5.02 Å². The molecule has 0 spiro atoms. The smallest absolute Gasteiger partial charge is 0.233 e. The summed E-state index contributed by atoms with van der Waals surface area (Å²) in [6.45, 7) is 1.70. The van der Waals surface area contributed by atoms with Crippen LogP contribution in [0, 0.1) is 0 Å². The summed E-state index contributed by atoms with van der Waals surface area (Å²) in [7, 11) is 0. The number of benzene rings is 2. The summed E-state index contributed by atoms with van der Waals surface area (Å²) < 4.78 is 1.99. The molecule has 30 heavy (non-hydrogen) atoms. The summed E-state index contributed by atoms with van der Waals surface area (Å²) in [5.41, 5.74) is 2.91. The number of nitrogens with zero attached hydrogens (tertiary/aromatic N) is 4. The minimum absolute atomic E-state index is 0.150. The number of rotatable bonds is 5. The molecule has 0 aliphatic carbocycles. The lowest BCUT2D eigenvalue weighted by Gasteiger charge is -2.15. The summed E-state index contributed by atoms with van der Waals surface area (Å²) in [5, 5.41) is 11.4. The molecule has 2 aromatic heterocycles. The molecule has 5 rings (SSSR count). The molecule has 1 amide bonds. The van der Waals surface area contributed by atoms with Gasteiger partial charge < -0.3 is 9.88 Å². The van der Waals surface area contributed by atoms with Crippen molar-refractivity contribution in [3.63, 3.8) is 0 Å². The molecule has 3 heterocycles. The van der Waals surface area contributed by atoms with Crippen molar-refractivity contribution in [3.8, 4) is 17.1 Å². The maximum atomic E-state index is 12.5. The number of fused-ring (bicyclic) bond motifs is 1. The Morgan fingerprint density at radius 3 is 2.63 bits per heavy atom. The number of halogens is 1. The summed E-state index contributed by atoms with van der Waals surface area (Å²) in [5.74, 6) is 1.22. The lowest BCUT2D eigenvalue weighted by Crippen LogP contribution is -2.29. The number of para-hydroxylation sites is 1. The number of carbonyl (C=O) groups is 1. The molecular formula is C22H20ClN5OS. The molecule has 1 fully saturated rings. The number of hydrogen-bond acceptors (Lipinski definition) is 4. The van der Waals surface area contributed by atoms with Crippen LogP contribution < -0.4 is 0 Å². The Balaban J connectivity index is 1.54. The largest absolute Gasteiger partial charge is 0.360 e. The highest BCUT2D eigenvalue weighted by Crippen LogP contribution is 2.32. The first-order chi connectivity index (χ1) is 14.7. The third-order valence-electron chi connectivity index (χ3n) is 5.33. The van der Waals surface area contributed by atoms with E-state index in [1.165, 1.54) is 11.8 Å². The van der Waals surface area contributed by atoms with Crippen molar-refractivity contribution in [2.24, 2.45) is 0 Å². The second-order valence-electron chi connectivity index (χ2n) is 7.24. The van der Waals surface area contributed by atoms with Gasteiger partial charge in [0.15, 0.2) is 11.0 Å². The minimum atomic E-state index is 0.150. The normalized spacial score (nSPS) is 14.0. The van der Waals surface area contributed by atoms with Gasteiger partial charge in [-0.05, 0) is 43.2 Å². The van der Waals surface area contributed by atoms with E-state index in [1.807, 2.05) is 58.1 Å². The molecule has 2 aromatic carbocycles. The lowest BCUT2D eigenvalue weighted by molar-refractivity contribution is -0.127. The van der Waals surface area contributed by atoms with Gasteiger partial charge in [0.2, 0.25) is 5.91 Å². The summed E-state index contributed by atoms with van der Waals surface area (Å²) in [6, 6.07) is 15.7. The van der Waals surface area contributed by atoms with Crippen LogP contribution >= 0.6 is 23.4 Å². The molecule has 6 nitrogen and oxygen atoms in total. The van der Waals surface area contributed by atoms with Gasteiger partial charge in [-0.3, -0.25) is 9.36 Å². The second-order valence-corrected chi connectivity index (χ2v) is 8.62.